The van der Waals surface area contributed by atoms with Crippen molar-refractivity contribution in [3.8, 4) is 0 Å². The highest BCUT2D eigenvalue weighted by molar-refractivity contribution is 5.95. The molecule has 0 radical (unpaired) electrons. The van der Waals surface area contributed by atoms with E-state index in [-0.39, 0.29) is 24.1 Å². The van der Waals surface area contributed by atoms with E-state index < -0.39 is 5.82 Å². The number of nitrogen functional groups attached to an aromatic ring is 1. The Bertz CT molecular complexity index is 483. The lowest BCUT2D eigenvalue weighted by Gasteiger charge is -2.32. The van der Waals surface area contributed by atoms with Crippen LogP contribution >= 0.6 is 0 Å². The topological polar surface area (TPSA) is 68.3 Å². The molecule has 5 heteroatoms. The number of ether oxygens (including phenoxy) is 2. The molecule has 4 nitrogen and oxygen atoms in total. The maximum absolute atomic E-state index is 13.4. The van der Waals surface area contributed by atoms with E-state index in [4.69, 9.17) is 20.6 Å². The lowest BCUT2D eigenvalue weighted by Crippen LogP contribution is -2.34. The summed E-state index contributed by atoms with van der Waals surface area (Å²) in [6.45, 7) is 4.38. The van der Waals surface area contributed by atoms with Crippen molar-refractivity contribution < 1.29 is 13.9 Å². The van der Waals surface area contributed by atoms with Gasteiger partial charge < -0.3 is 15.2 Å². The van der Waals surface area contributed by atoms with Gasteiger partial charge in [0.25, 0.3) is 0 Å². The first-order valence-corrected chi connectivity index (χ1v) is 6.85. The molecule has 1 aliphatic heterocycles. The van der Waals surface area contributed by atoms with Crippen LogP contribution in [0, 0.1) is 11.2 Å². The second-order valence-electron chi connectivity index (χ2n) is 5.42. The Morgan fingerprint density at radius 1 is 1.35 bits per heavy atom. The molecule has 2 unspecified atom stereocenters. The molecule has 0 aromatic heterocycles. The Morgan fingerprint density at radius 3 is 2.60 bits per heavy atom. The first-order chi connectivity index (χ1) is 9.44. The SMILES string of the molecule is CC1CC(OCc2cc(F)cc(C(=N)N)c2)CC(C)O1. The van der Waals surface area contributed by atoms with Gasteiger partial charge in [-0.2, -0.15) is 0 Å². The van der Waals surface area contributed by atoms with Crippen molar-refractivity contribution in [2.75, 3.05) is 0 Å². The number of hydrogen-bond donors (Lipinski definition) is 2. The Morgan fingerprint density at radius 2 is 2.00 bits per heavy atom. The molecule has 0 amide bonds. The summed E-state index contributed by atoms with van der Waals surface area (Å²) in [6.07, 6.45) is 2.18. The van der Waals surface area contributed by atoms with Crippen molar-refractivity contribution in [2.24, 2.45) is 5.73 Å². The summed E-state index contributed by atoms with van der Waals surface area (Å²) in [4.78, 5) is 0. The van der Waals surface area contributed by atoms with Gasteiger partial charge in [0.05, 0.1) is 24.9 Å². The van der Waals surface area contributed by atoms with Crippen LogP contribution < -0.4 is 5.73 Å². The summed E-state index contributed by atoms with van der Waals surface area (Å²) in [5.74, 6) is -0.538. The van der Waals surface area contributed by atoms with E-state index >= 15 is 0 Å². The van der Waals surface area contributed by atoms with Gasteiger partial charge in [-0.1, -0.05) is 0 Å². The third-order valence-corrected chi connectivity index (χ3v) is 3.41. The molecule has 110 valence electrons. The Hall–Kier alpha value is -1.46. The lowest BCUT2D eigenvalue weighted by molar-refractivity contribution is -0.106. The van der Waals surface area contributed by atoms with Gasteiger partial charge >= 0.3 is 0 Å². The summed E-state index contributed by atoms with van der Waals surface area (Å²) in [5.41, 5.74) is 6.47. The van der Waals surface area contributed by atoms with E-state index in [0.29, 0.717) is 17.7 Å². The van der Waals surface area contributed by atoms with Crippen LogP contribution in [0.2, 0.25) is 0 Å². The molecule has 0 bridgehead atoms. The van der Waals surface area contributed by atoms with Gasteiger partial charge in [0, 0.05) is 5.56 Å². The maximum Gasteiger partial charge on any atom is 0.124 e. The molecule has 2 atom stereocenters. The Kier molecular flexibility index (Phi) is 4.73. The highest BCUT2D eigenvalue weighted by Crippen LogP contribution is 2.23. The number of hydrogen-bond acceptors (Lipinski definition) is 3. The molecule has 0 aliphatic carbocycles. The van der Waals surface area contributed by atoms with Crippen LogP contribution in [0.5, 0.6) is 0 Å². The van der Waals surface area contributed by atoms with Crippen molar-refractivity contribution in [3.63, 3.8) is 0 Å². The highest BCUT2D eigenvalue weighted by atomic mass is 19.1. The van der Waals surface area contributed by atoms with Crippen molar-refractivity contribution in [2.45, 2.75) is 51.6 Å². The minimum Gasteiger partial charge on any atom is -0.384 e. The quantitative estimate of drug-likeness (QED) is 0.658. The van der Waals surface area contributed by atoms with Crippen LogP contribution in [0.25, 0.3) is 0 Å². The number of halogens is 1. The summed E-state index contributed by atoms with van der Waals surface area (Å²) >= 11 is 0. The van der Waals surface area contributed by atoms with E-state index in [1.165, 1.54) is 12.1 Å². The van der Waals surface area contributed by atoms with Gasteiger partial charge in [0.1, 0.15) is 11.7 Å². The number of nitrogens with two attached hydrogens (primary N) is 1. The smallest absolute Gasteiger partial charge is 0.124 e. The monoisotopic (exact) mass is 280 g/mol. The molecule has 0 saturated carbocycles. The summed E-state index contributed by atoms with van der Waals surface area (Å²) < 4.78 is 24.9. The summed E-state index contributed by atoms with van der Waals surface area (Å²) in [6, 6.07) is 4.36. The molecule has 2 rings (SSSR count). The first-order valence-electron chi connectivity index (χ1n) is 6.85. The van der Waals surface area contributed by atoms with Crippen molar-refractivity contribution in [3.05, 3.63) is 35.1 Å². The molecule has 0 spiro atoms. The van der Waals surface area contributed by atoms with Gasteiger partial charge in [-0.15, -0.1) is 0 Å². The lowest BCUT2D eigenvalue weighted by atomic mass is 10.0. The summed E-state index contributed by atoms with van der Waals surface area (Å²) in [7, 11) is 0. The third kappa shape index (κ3) is 4.02. The molecule has 20 heavy (non-hydrogen) atoms. The zero-order valence-electron chi connectivity index (χ0n) is 11.9. The zero-order chi connectivity index (χ0) is 14.7. The number of amidine groups is 1. The fourth-order valence-corrected chi connectivity index (χ4v) is 2.58. The molecule has 1 saturated heterocycles. The van der Waals surface area contributed by atoms with E-state index in [9.17, 15) is 4.39 Å². The van der Waals surface area contributed by atoms with Crippen molar-refractivity contribution >= 4 is 5.84 Å². The minimum absolute atomic E-state index is 0.123. The second kappa shape index (κ2) is 6.33. The standard InChI is InChI=1S/C15H21FN2O2/c1-9-3-14(4-10(2)20-9)19-8-11-5-12(15(17)18)7-13(16)6-11/h5-7,9-10,14H,3-4,8H2,1-2H3,(H3,17,18). The van der Waals surface area contributed by atoms with E-state index in [1.807, 2.05) is 13.8 Å². The van der Waals surface area contributed by atoms with Crippen LogP contribution in [0.4, 0.5) is 4.39 Å². The molecule has 1 heterocycles. The fourth-order valence-electron chi connectivity index (χ4n) is 2.58. The fraction of sp³-hybridized carbons (Fsp3) is 0.533. The third-order valence-electron chi connectivity index (χ3n) is 3.41. The molecule has 1 fully saturated rings. The molecular weight excluding hydrogens is 259 g/mol. The molecular formula is C15H21FN2O2. The minimum atomic E-state index is -0.398. The number of rotatable bonds is 4. The van der Waals surface area contributed by atoms with Crippen molar-refractivity contribution in [1.82, 2.24) is 0 Å². The largest absolute Gasteiger partial charge is 0.384 e. The van der Waals surface area contributed by atoms with Gasteiger partial charge in [-0.3, -0.25) is 5.41 Å². The van der Waals surface area contributed by atoms with Crippen molar-refractivity contribution in [1.29, 1.82) is 5.41 Å². The maximum atomic E-state index is 13.4. The van der Waals surface area contributed by atoms with E-state index in [1.54, 1.807) is 6.07 Å². The summed E-state index contributed by atoms with van der Waals surface area (Å²) in [5, 5.41) is 7.36. The zero-order valence-corrected chi connectivity index (χ0v) is 11.9. The Balaban J connectivity index is 1.98. The average Bonchev–Trinajstić information content (AvgIpc) is 2.34. The highest BCUT2D eigenvalue weighted by Gasteiger charge is 2.24. The molecule has 3 N–H and O–H groups in total. The van der Waals surface area contributed by atoms with Crippen LogP contribution in [0.15, 0.2) is 18.2 Å². The molecule has 1 aliphatic rings. The average molecular weight is 280 g/mol. The predicted molar refractivity (Wildman–Crippen MR) is 75.2 cm³/mol. The van der Waals surface area contributed by atoms with E-state index in [2.05, 4.69) is 0 Å². The molecule has 1 aromatic carbocycles. The normalized spacial score (nSPS) is 26.4. The van der Waals surface area contributed by atoms with Crippen LogP contribution in [-0.4, -0.2) is 24.1 Å². The van der Waals surface area contributed by atoms with Gasteiger partial charge in [-0.05, 0) is 50.5 Å². The molecule has 1 aromatic rings. The second-order valence-corrected chi connectivity index (χ2v) is 5.42. The predicted octanol–water partition coefficient (Wildman–Crippen LogP) is 2.58. The first kappa shape index (κ1) is 14.9. The van der Waals surface area contributed by atoms with Gasteiger partial charge in [0.15, 0.2) is 0 Å². The number of benzene rings is 1. The van der Waals surface area contributed by atoms with Gasteiger partial charge in [0.2, 0.25) is 0 Å². The van der Waals surface area contributed by atoms with Gasteiger partial charge in [-0.25, -0.2) is 4.39 Å². The van der Waals surface area contributed by atoms with Crippen LogP contribution in [-0.2, 0) is 16.1 Å². The van der Waals surface area contributed by atoms with Crippen LogP contribution in [0.3, 0.4) is 0 Å². The van der Waals surface area contributed by atoms with E-state index in [0.717, 1.165) is 12.8 Å². The van der Waals surface area contributed by atoms with Crippen LogP contribution in [0.1, 0.15) is 37.8 Å². The Labute approximate surface area is 118 Å². The number of nitrogens with one attached hydrogen (secondary N) is 1.